The number of rotatable bonds is 0. The average Bonchev–Trinajstić information content (AvgIpc) is 1.25. The van der Waals surface area contributed by atoms with Gasteiger partial charge in [0.15, 0.2) is 0 Å². The minimum atomic E-state index is -1.50. The molecule has 0 aromatic rings. The molecule has 10 heavy (non-hydrogen) atoms. The standard InChI is InChI=1S/Li.Mg.2HNO3.3H/c;;2*2-1(3)4;;;/h;;2*(H,2,3,4);;;/q+1;+2;;;3*-1. The van der Waals surface area contributed by atoms with Crippen LogP contribution in [0.15, 0.2) is 0 Å². The van der Waals surface area contributed by atoms with E-state index in [1.807, 2.05) is 0 Å². The van der Waals surface area contributed by atoms with Crippen LogP contribution in [-0.4, -0.2) is 43.6 Å². The van der Waals surface area contributed by atoms with Crippen LogP contribution in [0, 0.1) is 20.2 Å². The van der Waals surface area contributed by atoms with E-state index in [9.17, 15) is 0 Å². The van der Waals surface area contributed by atoms with Crippen molar-refractivity contribution in [2.45, 2.75) is 0 Å². The summed E-state index contributed by atoms with van der Waals surface area (Å²) in [5, 5.41) is 27.3. The first-order valence-electron chi connectivity index (χ1n) is 1.13. The molecule has 0 atom stereocenters. The molecule has 0 rings (SSSR count). The van der Waals surface area contributed by atoms with Crippen LogP contribution < -0.4 is 18.9 Å². The van der Waals surface area contributed by atoms with E-state index >= 15 is 0 Å². The molecule has 0 saturated carbocycles. The van der Waals surface area contributed by atoms with E-state index in [1.165, 1.54) is 0 Å². The molecule has 0 bridgehead atoms. The molecule has 0 heterocycles. The van der Waals surface area contributed by atoms with Gasteiger partial charge in [-0.05, 0) is 0 Å². The molecule has 0 aliphatic rings. The summed E-state index contributed by atoms with van der Waals surface area (Å²) in [4.78, 5) is 16.7. The van der Waals surface area contributed by atoms with Crippen LogP contribution in [-0.2, 0) is 0 Å². The van der Waals surface area contributed by atoms with Gasteiger partial charge < -0.3 is 14.7 Å². The van der Waals surface area contributed by atoms with Crippen molar-refractivity contribution < 1.29 is 43.7 Å². The zero-order chi connectivity index (χ0) is 7.15. The van der Waals surface area contributed by atoms with Gasteiger partial charge in [0.25, 0.3) is 10.2 Å². The van der Waals surface area contributed by atoms with E-state index in [-0.39, 0.29) is 46.2 Å². The fourth-order valence-corrected chi connectivity index (χ4v) is 0. The quantitative estimate of drug-likeness (QED) is 0.213. The molecule has 0 fully saturated rings. The Kier molecular flexibility index (Phi) is 35.9. The molecule has 0 unspecified atom stereocenters. The summed E-state index contributed by atoms with van der Waals surface area (Å²) in [6, 6.07) is 0. The maximum Gasteiger partial charge on any atom is 2.00 e. The number of hydrogen-bond donors (Lipinski definition) is 2. The molecule has 0 aliphatic carbocycles. The van der Waals surface area contributed by atoms with E-state index < -0.39 is 10.2 Å². The number of nitrogens with zero attached hydrogens (tertiary/aromatic N) is 2. The fraction of sp³-hybridized carbons (Fsp3) is 0. The summed E-state index contributed by atoms with van der Waals surface area (Å²) < 4.78 is 0. The van der Waals surface area contributed by atoms with Crippen molar-refractivity contribution in [3.8, 4) is 0 Å². The monoisotopic (exact) mass is 160 g/mol. The van der Waals surface area contributed by atoms with Crippen LogP contribution in [0.4, 0.5) is 0 Å². The third-order valence-electron chi connectivity index (χ3n) is 0. The molecule has 8 nitrogen and oxygen atoms in total. The second-order valence-electron chi connectivity index (χ2n) is 0.476. The van der Waals surface area contributed by atoms with Crippen LogP contribution >= 0.6 is 0 Å². The van der Waals surface area contributed by atoms with Crippen LogP contribution in [0.2, 0.25) is 0 Å². The molecular formula is H5LiMgN2O6. The van der Waals surface area contributed by atoms with Gasteiger partial charge >= 0.3 is 41.9 Å². The van der Waals surface area contributed by atoms with Gasteiger partial charge in [-0.1, -0.05) is 0 Å². The topological polar surface area (TPSA) is 127 Å². The minimum absolute atomic E-state index is 0. The van der Waals surface area contributed by atoms with Gasteiger partial charge in [-0.25, -0.2) is 0 Å². The van der Waals surface area contributed by atoms with Gasteiger partial charge in [0.2, 0.25) is 0 Å². The van der Waals surface area contributed by atoms with E-state index in [4.69, 9.17) is 30.6 Å². The van der Waals surface area contributed by atoms with Crippen LogP contribution in [0.1, 0.15) is 4.28 Å². The van der Waals surface area contributed by atoms with Crippen molar-refractivity contribution in [2.24, 2.45) is 0 Å². The molecule has 0 amide bonds. The smallest absolute Gasteiger partial charge is 1.00 e. The zero-order valence-electron chi connectivity index (χ0n) is 8.13. The van der Waals surface area contributed by atoms with Gasteiger partial charge in [-0.15, -0.1) is 20.2 Å². The Hall–Kier alpha value is -0.236. The molecule has 10 heteroatoms. The Morgan fingerprint density at radius 2 is 1.10 bits per heavy atom. The first-order valence-corrected chi connectivity index (χ1v) is 1.13. The molecule has 0 radical (unpaired) electrons. The maximum absolute atomic E-state index is 8.36. The van der Waals surface area contributed by atoms with Crippen molar-refractivity contribution in [3.05, 3.63) is 20.2 Å². The van der Waals surface area contributed by atoms with Crippen molar-refractivity contribution in [1.29, 1.82) is 0 Å². The Morgan fingerprint density at radius 3 is 1.10 bits per heavy atom. The minimum Gasteiger partial charge on any atom is -1.00 e. The van der Waals surface area contributed by atoms with Crippen LogP contribution in [0.25, 0.3) is 0 Å². The van der Waals surface area contributed by atoms with E-state index in [0.717, 1.165) is 0 Å². The Morgan fingerprint density at radius 1 is 1.10 bits per heavy atom. The normalized spacial score (nSPS) is 4.80. The predicted octanol–water partition coefficient (Wildman–Crippen LogP) is -3.73. The van der Waals surface area contributed by atoms with Gasteiger partial charge in [0, 0.05) is 0 Å². The molecule has 0 spiro atoms. The second kappa shape index (κ2) is 15.9. The van der Waals surface area contributed by atoms with Crippen LogP contribution in [0.3, 0.4) is 0 Å². The van der Waals surface area contributed by atoms with Crippen molar-refractivity contribution in [3.63, 3.8) is 0 Å². The predicted molar refractivity (Wildman–Crippen MR) is 26.7 cm³/mol. The van der Waals surface area contributed by atoms with E-state index in [0.29, 0.717) is 0 Å². The summed E-state index contributed by atoms with van der Waals surface area (Å²) in [5.74, 6) is 0. The fourth-order valence-electron chi connectivity index (χ4n) is 0. The van der Waals surface area contributed by atoms with Gasteiger partial charge in [0.05, 0.1) is 0 Å². The molecule has 0 aliphatic heterocycles. The Bertz CT molecular complexity index is 83.9. The first kappa shape index (κ1) is 22.6. The molecule has 0 aromatic carbocycles. The number of hydrogen-bond acceptors (Lipinski definition) is 4. The Labute approximate surface area is 87.2 Å². The van der Waals surface area contributed by atoms with E-state index in [1.54, 1.807) is 0 Å². The summed E-state index contributed by atoms with van der Waals surface area (Å²) in [6.07, 6.45) is 0. The Balaban J connectivity index is -0.00000000800. The molecular weight excluding hydrogens is 155 g/mol. The molecule has 0 aromatic heterocycles. The summed E-state index contributed by atoms with van der Waals surface area (Å²) >= 11 is 0. The van der Waals surface area contributed by atoms with Crippen molar-refractivity contribution >= 4 is 23.1 Å². The molecule has 0 saturated heterocycles. The van der Waals surface area contributed by atoms with Gasteiger partial charge in [-0.2, -0.15) is 0 Å². The maximum atomic E-state index is 8.36. The summed E-state index contributed by atoms with van der Waals surface area (Å²) in [6.45, 7) is 0. The first-order chi connectivity index (χ1) is 3.46. The third-order valence-corrected chi connectivity index (χ3v) is 0. The van der Waals surface area contributed by atoms with Gasteiger partial charge in [-0.3, -0.25) is 0 Å². The second-order valence-corrected chi connectivity index (χ2v) is 0.476. The van der Waals surface area contributed by atoms with E-state index in [2.05, 4.69) is 0 Å². The summed E-state index contributed by atoms with van der Waals surface area (Å²) in [7, 11) is 0. The molecule has 2 N–H and O–H groups in total. The largest absolute Gasteiger partial charge is 2.00 e. The van der Waals surface area contributed by atoms with Crippen molar-refractivity contribution in [1.82, 2.24) is 0 Å². The van der Waals surface area contributed by atoms with Crippen LogP contribution in [0.5, 0.6) is 0 Å². The zero-order valence-corrected chi connectivity index (χ0v) is 6.54. The molecule has 54 valence electrons. The van der Waals surface area contributed by atoms with Gasteiger partial charge in [0.1, 0.15) is 0 Å². The SMILES string of the molecule is O=[N+]([O-])O.O=[N+]([O-])O.[H-].[H-].[H-].[Li+].[Mg+2]. The third kappa shape index (κ3) is 6360. The average molecular weight is 160 g/mol. The van der Waals surface area contributed by atoms with Crippen molar-refractivity contribution in [2.75, 3.05) is 0 Å². The summed E-state index contributed by atoms with van der Waals surface area (Å²) in [5.41, 5.74) is 0.